The molecule has 0 unspecified atom stereocenters. The van der Waals surface area contributed by atoms with Crippen molar-refractivity contribution < 1.29 is 14.2 Å². The Labute approximate surface area is 116 Å². The second kappa shape index (κ2) is 6.43. The molecule has 0 saturated carbocycles. The van der Waals surface area contributed by atoms with Crippen LogP contribution in [0.3, 0.4) is 0 Å². The van der Waals surface area contributed by atoms with E-state index in [4.69, 9.17) is 15.1 Å². The maximum atomic E-state index is 13.1. The molecule has 2 rings (SSSR count). The third kappa shape index (κ3) is 3.62. The van der Waals surface area contributed by atoms with Gasteiger partial charge in [0.15, 0.2) is 18.2 Å². The van der Waals surface area contributed by atoms with Gasteiger partial charge < -0.3 is 15.2 Å². The van der Waals surface area contributed by atoms with E-state index in [0.29, 0.717) is 18.0 Å². The lowest BCUT2D eigenvalue weighted by atomic mass is 10.2. The van der Waals surface area contributed by atoms with Gasteiger partial charge in [-0.2, -0.15) is 5.26 Å². The number of aromatic hydroxyl groups is 1. The summed E-state index contributed by atoms with van der Waals surface area (Å²) in [5.41, 5.74) is 1.58. The van der Waals surface area contributed by atoms with Crippen molar-refractivity contribution in [3.05, 3.63) is 53.8 Å². The molecule has 0 bridgehead atoms. The monoisotopic (exact) mass is 272 g/mol. The summed E-state index contributed by atoms with van der Waals surface area (Å²) in [5.74, 6) is -0.393. The van der Waals surface area contributed by atoms with Gasteiger partial charge in [-0.05, 0) is 29.8 Å². The van der Waals surface area contributed by atoms with Gasteiger partial charge in [-0.1, -0.05) is 12.1 Å². The van der Waals surface area contributed by atoms with Crippen LogP contribution in [0.15, 0.2) is 42.5 Å². The fourth-order valence-corrected chi connectivity index (χ4v) is 1.64. The molecule has 0 aliphatic heterocycles. The number of nitrogens with one attached hydrogen (secondary N) is 1. The predicted octanol–water partition coefficient (Wildman–Crippen LogP) is 3.05. The third-order valence-corrected chi connectivity index (χ3v) is 2.67. The molecule has 0 aromatic heterocycles. The Kier molecular flexibility index (Phi) is 4.40. The summed E-state index contributed by atoms with van der Waals surface area (Å²) < 4.78 is 18.3. The van der Waals surface area contributed by atoms with E-state index in [2.05, 4.69) is 5.32 Å². The second-order valence-electron chi connectivity index (χ2n) is 4.11. The van der Waals surface area contributed by atoms with Crippen LogP contribution in [0.25, 0.3) is 0 Å². The summed E-state index contributed by atoms with van der Waals surface area (Å²) >= 11 is 0. The van der Waals surface area contributed by atoms with Crippen molar-refractivity contribution in [2.75, 3.05) is 11.9 Å². The number of hydrogen-bond donors (Lipinski definition) is 2. The number of phenols is 1. The molecule has 0 radical (unpaired) electrons. The van der Waals surface area contributed by atoms with Gasteiger partial charge in [0.05, 0.1) is 0 Å². The molecular formula is C15H13FN2O2. The summed E-state index contributed by atoms with van der Waals surface area (Å²) in [5, 5.41) is 20.5. The fraction of sp³-hybridized carbons (Fsp3) is 0.133. The van der Waals surface area contributed by atoms with Gasteiger partial charge in [0.1, 0.15) is 11.8 Å². The van der Waals surface area contributed by atoms with E-state index in [1.807, 2.05) is 18.2 Å². The fourth-order valence-electron chi connectivity index (χ4n) is 1.64. The minimum atomic E-state index is -0.657. The maximum absolute atomic E-state index is 13.1. The Hall–Kier alpha value is -2.74. The van der Waals surface area contributed by atoms with E-state index >= 15 is 0 Å². The standard InChI is InChI=1S/C15H13FN2O2/c16-14-9-12(3-6-15(14)19)18-10-11-1-4-13(5-2-11)20-8-7-17/h1-6,9,18-19H,8,10H2. The normalized spacial score (nSPS) is 9.80. The highest BCUT2D eigenvalue weighted by atomic mass is 19.1. The van der Waals surface area contributed by atoms with Gasteiger partial charge >= 0.3 is 0 Å². The van der Waals surface area contributed by atoms with E-state index < -0.39 is 5.82 Å². The molecule has 0 saturated heterocycles. The van der Waals surface area contributed by atoms with Crippen LogP contribution in [-0.2, 0) is 6.54 Å². The van der Waals surface area contributed by atoms with Gasteiger partial charge in [-0.25, -0.2) is 4.39 Å². The molecule has 0 aliphatic carbocycles. The number of rotatable bonds is 5. The maximum Gasteiger partial charge on any atom is 0.174 e. The van der Waals surface area contributed by atoms with Crippen molar-refractivity contribution in [2.45, 2.75) is 6.54 Å². The number of anilines is 1. The summed E-state index contributed by atoms with van der Waals surface area (Å²) in [4.78, 5) is 0. The Morgan fingerprint density at radius 3 is 2.60 bits per heavy atom. The number of benzene rings is 2. The molecule has 2 N–H and O–H groups in total. The van der Waals surface area contributed by atoms with Crippen molar-refractivity contribution in [1.82, 2.24) is 0 Å². The van der Waals surface area contributed by atoms with Crippen molar-refractivity contribution in [3.63, 3.8) is 0 Å². The lowest BCUT2D eigenvalue weighted by Crippen LogP contribution is -2.00. The topological polar surface area (TPSA) is 65.3 Å². The minimum Gasteiger partial charge on any atom is -0.505 e. The van der Waals surface area contributed by atoms with Crippen LogP contribution in [0.2, 0.25) is 0 Å². The SMILES string of the molecule is N#CCOc1ccc(CNc2ccc(O)c(F)c2)cc1. The minimum absolute atomic E-state index is 0.0182. The first-order valence-electron chi connectivity index (χ1n) is 6.00. The summed E-state index contributed by atoms with van der Waals surface area (Å²) in [6.45, 7) is 0.535. The van der Waals surface area contributed by atoms with Crippen LogP contribution in [0.1, 0.15) is 5.56 Å². The number of ether oxygens (including phenoxy) is 1. The second-order valence-corrected chi connectivity index (χ2v) is 4.11. The first-order valence-corrected chi connectivity index (χ1v) is 6.00. The zero-order valence-corrected chi connectivity index (χ0v) is 10.6. The smallest absolute Gasteiger partial charge is 0.174 e. The van der Waals surface area contributed by atoms with Gasteiger partial charge in [-0.3, -0.25) is 0 Å². The molecule has 102 valence electrons. The molecule has 20 heavy (non-hydrogen) atoms. The first kappa shape index (κ1) is 13.7. The van der Waals surface area contributed by atoms with Crippen molar-refractivity contribution >= 4 is 5.69 Å². The number of halogens is 1. The van der Waals surface area contributed by atoms with Gasteiger partial charge in [0.25, 0.3) is 0 Å². The van der Waals surface area contributed by atoms with Crippen LogP contribution in [0.5, 0.6) is 11.5 Å². The highest BCUT2D eigenvalue weighted by Gasteiger charge is 2.01. The van der Waals surface area contributed by atoms with Gasteiger partial charge in [-0.15, -0.1) is 0 Å². The first-order chi connectivity index (χ1) is 9.69. The molecule has 0 heterocycles. The van der Waals surface area contributed by atoms with E-state index in [1.54, 1.807) is 18.2 Å². The molecule has 0 spiro atoms. The highest BCUT2D eigenvalue weighted by molar-refractivity contribution is 5.47. The summed E-state index contributed by atoms with van der Waals surface area (Å²) in [6.07, 6.45) is 0. The molecule has 0 amide bonds. The Morgan fingerprint density at radius 1 is 1.20 bits per heavy atom. The van der Waals surface area contributed by atoms with Crippen LogP contribution >= 0.6 is 0 Å². The molecule has 2 aromatic rings. The molecular weight excluding hydrogens is 259 g/mol. The average molecular weight is 272 g/mol. The van der Waals surface area contributed by atoms with Gasteiger partial charge in [0.2, 0.25) is 0 Å². The molecule has 0 fully saturated rings. The Balaban J connectivity index is 1.93. The largest absolute Gasteiger partial charge is 0.505 e. The lowest BCUT2D eigenvalue weighted by molar-refractivity contribution is 0.368. The zero-order chi connectivity index (χ0) is 14.4. The number of nitriles is 1. The van der Waals surface area contributed by atoms with Crippen molar-refractivity contribution in [1.29, 1.82) is 5.26 Å². The number of hydrogen-bond acceptors (Lipinski definition) is 4. The van der Waals surface area contributed by atoms with E-state index in [1.165, 1.54) is 12.1 Å². The van der Waals surface area contributed by atoms with Crippen molar-refractivity contribution in [3.8, 4) is 17.6 Å². The van der Waals surface area contributed by atoms with Crippen molar-refractivity contribution in [2.24, 2.45) is 0 Å². The molecule has 5 heteroatoms. The summed E-state index contributed by atoms with van der Waals surface area (Å²) in [6, 6.07) is 13.3. The average Bonchev–Trinajstić information content (AvgIpc) is 2.47. The Bertz CT molecular complexity index is 621. The van der Waals surface area contributed by atoms with E-state index in [0.717, 1.165) is 5.56 Å². The summed E-state index contributed by atoms with van der Waals surface area (Å²) in [7, 11) is 0. The van der Waals surface area contributed by atoms with Crippen LogP contribution < -0.4 is 10.1 Å². The number of phenolic OH excluding ortho intramolecular Hbond substituents is 1. The molecule has 4 nitrogen and oxygen atoms in total. The molecule has 0 atom stereocenters. The molecule has 2 aromatic carbocycles. The third-order valence-electron chi connectivity index (χ3n) is 2.67. The molecule has 0 aliphatic rings. The Morgan fingerprint density at radius 2 is 1.95 bits per heavy atom. The highest BCUT2D eigenvalue weighted by Crippen LogP contribution is 2.20. The lowest BCUT2D eigenvalue weighted by Gasteiger charge is -2.08. The predicted molar refractivity (Wildman–Crippen MR) is 72.9 cm³/mol. The zero-order valence-electron chi connectivity index (χ0n) is 10.6. The van der Waals surface area contributed by atoms with Crippen LogP contribution in [0.4, 0.5) is 10.1 Å². The van der Waals surface area contributed by atoms with Crippen LogP contribution in [-0.4, -0.2) is 11.7 Å². The number of nitrogens with zero attached hydrogens (tertiary/aromatic N) is 1. The van der Waals surface area contributed by atoms with E-state index in [-0.39, 0.29) is 12.4 Å². The van der Waals surface area contributed by atoms with Gasteiger partial charge in [0, 0.05) is 18.3 Å². The van der Waals surface area contributed by atoms with E-state index in [9.17, 15) is 4.39 Å². The quantitative estimate of drug-likeness (QED) is 0.821. The van der Waals surface area contributed by atoms with Crippen LogP contribution in [0, 0.1) is 17.1 Å².